The molecule has 0 heterocycles. The number of rotatable bonds is 5. The molecule has 0 saturated heterocycles. The first-order chi connectivity index (χ1) is 13.8. The number of benzene rings is 3. The van der Waals surface area contributed by atoms with Crippen LogP contribution in [0.3, 0.4) is 0 Å². The molecule has 0 atom stereocenters. The lowest BCUT2D eigenvalue weighted by Gasteiger charge is -2.05. The van der Waals surface area contributed by atoms with Crippen molar-refractivity contribution in [2.24, 2.45) is 20.5 Å². The molecule has 8 nitrogen and oxygen atoms in total. The number of azo groups is 2. The first-order valence-electron chi connectivity index (χ1n) is 8.82. The predicted molar refractivity (Wildman–Crippen MR) is 110 cm³/mol. The maximum atomic E-state index is 10.7. The minimum atomic E-state index is -0.457. The minimum absolute atomic E-state index is 0.00881. The lowest BCUT2D eigenvalue weighted by Crippen LogP contribution is -1.85. The summed E-state index contributed by atoms with van der Waals surface area (Å²) in [5.74, 6) is 0.221. The Morgan fingerprint density at radius 1 is 0.724 bits per heavy atom. The van der Waals surface area contributed by atoms with E-state index in [9.17, 15) is 15.2 Å². The zero-order valence-corrected chi connectivity index (χ0v) is 16.2. The Labute approximate surface area is 167 Å². The second-order valence-corrected chi connectivity index (χ2v) is 6.57. The zero-order valence-electron chi connectivity index (χ0n) is 16.2. The summed E-state index contributed by atoms with van der Waals surface area (Å²) in [6.07, 6.45) is 0. The Kier molecular flexibility index (Phi) is 5.73. The van der Waals surface area contributed by atoms with Crippen LogP contribution in [-0.2, 0) is 0 Å². The van der Waals surface area contributed by atoms with Crippen molar-refractivity contribution in [2.75, 3.05) is 0 Å². The highest BCUT2D eigenvalue weighted by Gasteiger charge is 2.06. The van der Waals surface area contributed by atoms with Crippen molar-refractivity contribution in [3.8, 4) is 5.75 Å². The van der Waals surface area contributed by atoms with E-state index in [2.05, 4.69) is 20.5 Å². The molecule has 0 aliphatic rings. The van der Waals surface area contributed by atoms with Gasteiger partial charge in [-0.05, 0) is 79.9 Å². The number of phenols is 1. The Morgan fingerprint density at radius 2 is 1.24 bits per heavy atom. The molecule has 0 aromatic heterocycles. The summed E-state index contributed by atoms with van der Waals surface area (Å²) in [4.78, 5) is 10.2. The number of nitro groups is 1. The van der Waals surface area contributed by atoms with E-state index in [-0.39, 0.29) is 11.4 Å². The van der Waals surface area contributed by atoms with Crippen LogP contribution in [0.1, 0.15) is 16.7 Å². The first kappa shape index (κ1) is 19.8. The summed E-state index contributed by atoms with van der Waals surface area (Å²) in [6, 6.07) is 14.6. The van der Waals surface area contributed by atoms with Crippen LogP contribution in [0.25, 0.3) is 0 Å². The molecule has 1 N–H and O–H groups in total. The average molecular weight is 389 g/mol. The third kappa shape index (κ3) is 4.86. The Hall–Kier alpha value is -3.94. The third-order valence-corrected chi connectivity index (χ3v) is 4.30. The smallest absolute Gasteiger partial charge is 0.269 e. The number of nitro benzene ring substituents is 1. The number of non-ortho nitro benzene ring substituents is 1. The molecule has 0 saturated carbocycles. The molecule has 0 bridgehead atoms. The average Bonchev–Trinajstić information content (AvgIpc) is 2.70. The molecule has 0 aliphatic heterocycles. The maximum Gasteiger partial charge on any atom is 0.269 e. The quantitative estimate of drug-likeness (QED) is 0.286. The molecule has 3 aromatic rings. The number of nitrogens with zero attached hydrogens (tertiary/aromatic N) is 5. The standard InChI is InChI=1S/C21H19N5O3/c1-13-12-20(25-23-17-6-9-21(27)15(3)10-17)14(2)11-19(13)24-22-16-4-7-18(8-5-16)26(28)29/h4-12,27H,1-3H3. The SMILES string of the molecule is Cc1cc(N=Nc2cc(C)c(N=Nc3ccc([N+](=O)[O-])cc3)cc2C)ccc1O. The van der Waals surface area contributed by atoms with Crippen LogP contribution in [0.2, 0.25) is 0 Å². The molecule has 0 spiro atoms. The fourth-order valence-corrected chi connectivity index (χ4v) is 2.57. The third-order valence-electron chi connectivity index (χ3n) is 4.30. The monoisotopic (exact) mass is 389 g/mol. The summed E-state index contributed by atoms with van der Waals surface area (Å²) in [7, 11) is 0. The largest absolute Gasteiger partial charge is 0.508 e. The second kappa shape index (κ2) is 8.39. The maximum absolute atomic E-state index is 10.7. The van der Waals surface area contributed by atoms with Gasteiger partial charge in [-0.15, -0.1) is 0 Å². The van der Waals surface area contributed by atoms with E-state index in [1.54, 1.807) is 37.3 Å². The summed E-state index contributed by atoms with van der Waals surface area (Å²) < 4.78 is 0. The lowest BCUT2D eigenvalue weighted by molar-refractivity contribution is -0.384. The van der Waals surface area contributed by atoms with Gasteiger partial charge in [0.2, 0.25) is 0 Å². The number of aryl methyl sites for hydroxylation is 3. The Balaban J connectivity index is 1.80. The van der Waals surface area contributed by atoms with Crippen molar-refractivity contribution in [1.82, 2.24) is 0 Å². The highest BCUT2D eigenvalue weighted by Crippen LogP contribution is 2.31. The summed E-state index contributed by atoms with van der Waals surface area (Å²) in [5, 5.41) is 37.2. The van der Waals surface area contributed by atoms with Gasteiger partial charge in [-0.1, -0.05) is 0 Å². The number of phenolic OH excluding ortho intramolecular Hbond substituents is 1. The number of aromatic hydroxyl groups is 1. The van der Waals surface area contributed by atoms with Crippen LogP contribution in [0.15, 0.2) is 75.1 Å². The van der Waals surface area contributed by atoms with Gasteiger partial charge in [-0.2, -0.15) is 20.5 Å². The van der Waals surface area contributed by atoms with E-state index in [1.807, 2.05) is 26.0 Å². The van der Waals surface area contributed by atoms with Gasteiger partial charge in [0.25, 0.3) is 5.69 Å². The van der Waals surface area contributed by atoms with Gasteiger partial charge in [0.15, 0.2) is 0 Å². The van der Waals surface area contributed by atoms with Gasteiger partial charge in [0.05, 0.1) is 27.7 Å². The van der Waals surface area contributed by atoms with E-state index < -0.39 is 4.92 Å². The summed E-state index contributed by atoms with van der Waals surface area (Å²) in [5.41, 5.74) is 5.07. The van der Waals surface area contributed by atoms with Crippen LogP contribution < -0.4 is 0 Å². The van der Waals surface area contributed by atoms with Crippen LogP contribution in [0, 0.1) is 30.9 Å². The van der Waals surface area contributed by atoms with Crippen molar-refractivity contribution in [3.63, 3.8) is 0 Å². The zero-order chi connectivity index (χ0) is 21.0. The van der Waals surface area contributed by atoms with Crippen LogP contribution in [-0.4, -0.2) is 10.0 Å². The second-order valence-electron chi connectivity index (χ2n) is 6.57. The molecule has 0 radical (unpaired) electrons. The van der Waals surface area contributed by atoms with Crippen LogP contribution >= 0.6 is 0 Å². The van der Waals surface area contributed by atoms with Crippen LogP contribution in [0.4, 0.5) is 28.4 Å². The van der Waals surface area contributed by atoms with E-state index in [1.165, 1.54) is 12.1 Å². The molecule has 0 unspecified atom stereocenters. The molecule has 146 valence electrons. The van der Waals surface area contributed by atoms with E-state index in [0.717, 1.165) is 16.7 Å². The molecular weight excluding hydrogens is 370 g/mol. The lowest BCUT2D eigenvalue weighted by atomic mass is 10.1. The molecule has 0 fully saturated rings. The van der Waals surface area contributed by atoms with Gasteiger partial charge in [-0.25, -0.2) is 0 Å². The molecule has 0 amide bonds. The van der Waals surface area contributed by atoms with Crippen molar-refractivity contribution in [1.29, 1.82) is 0 Å². The molecule has 29 heavy (non-hydrogen) atoms. The topological polar surface area (TPSA) is 113 Å². The van der Waals surface area contributed by atoms with E-state index in [0.29, 0.717) is 22.7 Å². The van der Waals surface area contributed by atoms with E-state index in [4.69, 9.17) is 0 Å². The van der Waals surface area contributed by atoms with Gasteiger partial charge >= 0.3 is 0 Å². The fraction of sp³-hybridized carbons (Fsp3) is 0.143. The highest BCUT2D eigenvalue weighted by atomic mass is 16.6. The molecule has 8 heteroatoms. The molecular formula is C21H19N5O3. The summed E-state index contributed by atoms with van der Waals surface area (Å²) in [6.45, 7) is 5.60. The fourth-order valence-electron chi connectivity index (χ4n) is 2.57. The van der Waals surface area contributed by atoms with Gasteiger partial charge in [0.1, 0.15) is 5.75 Å². The van der Waals surface area contributed by atoms with Crippen LogP contribution in [0.5, 0.6) is 5.75 Å². The van der Waals surface area contributed by atoms with Gasteiger partial charge in [-0.3, -0.25) is 10.1 Å². The Morgan fingerprint density at radius 3 is 1.76 bits per heavy atom. The van der Waals surface area contributed by atoms with Crippen molar-refractivity contribution in [2.45, 2.75) is 20.8 Å². The van der Waals surface area contributed by atoms with Crippen molar-refractivity contribution < 1.29 is 10.0 Å². The molecule has 3 aromatic carbocycles. The summed E-state index contributed by atoms with van der Waals surface area (Å²) >= 11 is 0. The van der Waals surface area contributed by atoms with Gasteiger partial charge < -0.3 is 5.11 Å². The predicted octanol–water partition coefficient (Wildman–Crippen LogP) is 7.06. The van der Waals surface area contributed by atoms with E-state index >= 15 is 0 Å². The van der Waals surface area contributed by atoms with Crippen molar-refractivity contribution in [3.05, 3.63) is 81.4 Å². The minimum Gasteiger partial charge on any atom is -0.508 e. The number of hydrogen-bond donors (Lipinski definition) is 1. The molecule has 0 aliphatic carbocycles. The van der Waals surface area contributed by atoms with Gasteiger partial charge in [0, 0.05) is 12.1 Å². The Bertz CT molecular complexity index is 1120. The van der Waals surface area contributed by atoms with Crippen molar-refractivity contribution >= 4 is 28.4 Å². The number of hydrogen-bond acceptors (Lipinski definition) is 7. The first-order valence-corrected chi connectivity index (χ1v) is 8.82. The highest BCUT2D eigenvalue weighted by molar-refractivity contribution is 5.59. The molecule has 3 rings (SSSR count). The normalized spacial score (nSPS) is 11.4.